The zero-order valence-corrected chi connectivity index (χ0v) is 12.5. The summed E-state index contributed by atoms with van der Waals surface area (Å²) in [4.78, 5) is 10.8. The Hall–Kier alpha value is -0.580. The van der Waals surface area contributed by atoms with Crippen molar-refractivity contribution in [1.82, 2.24) is 0 Å². The molecule has 0 radical (unpaired) electrons. The van der Waals surface area contributed by atoms with Crippen molar-refractivity contribution >= 4 is 40.0 Å². The van der Waals surface area contributed by atoms with E-state index in [1.165, 1.54) is 0 Å². The highest BCUT2D eigenvalue weighted by molar-refractivity contribution is 7.84. The van der Waals surface area contributed by atoms with Crippen LogP contribution < -0.4 is 0 Å². The first-order valence-electron chi connectivity index (χ1n) is 5.92. The fourth-order valence-electron chi connectivity index (χ4n) is 2.09. The molecule has 1 aliphatic rings. The van der Waals surface area contributed by atoms with Crippen LogP contribution in [0, 0.1) is 5.41 Å². The number of hydrogen-bond donors (Lipinski definition) is 1. The van der Waals surface area contributed by atoms with Crippen molar-refractivity contribution < 1.29 is 14.1 Å². The first-order valence-corrected chi connectivity index (χ1v) is 8.16. The van der Waals surface area contributed by atoms with Gasteiger partial charge < -0.3 is 5.11 Å². The van der Waals surface area contributed by atoms with Crippen molar-refractivity contribution in [1.29, 1.82) is 0 Å². The zero-order chi connectivity index (χ0) is 14.0. The second kappa shape index (κ2) is 5.81. The van der Waals surface area contributed by atoms with Gasteiger partial charge in [-0.05, 0) is 30.4 Å². The summed E-state index contributed by atoms with van der Waals surface area (Å²) in [6.45, 7) is 0. The molecule has 19 heavy (non-hydrogen) atoms. The van der Waals surface area contributed by atoms with Crippen molar-refractivity contribution in [3.05, 3.63) is 33.8 Å². The molecule has 0 aromatic heterocycles. The summed E-state index contributed by atoms with van der Waals surface area (Å²) >= 11 is 12.1. The van der Waals surface area contributed by atoms with Gasteiger partial charge in [0.25, 0.3) is 0 Å². The lowest BCUT2D eigenvalue weighted by Gasteiger charge is -2.13. The minimum atomic E-state index is -1.15. The SMILES string of the molecule is O=C(O)CC1(CS(=O)Cc2c(Cl)cccc2Cl)CC1. The number of carboxylic acid groups (broad SMARTS) is 1. The molecule has 1 fully saturated rings. The summed E-state index contributed by atoms with van der Waals surface area (Å²) in [5.74, 6) is -0.147. The Bertz CT molecular complexity index is 506. The second-order valence-corrected chi connectivity index (χ2v) is 7.27. The normalized spacial score (nSPS) is 18.0. The molecule has 1 atom stereocenters. The lowest BCUT2D eigenvalue weighted by atomic mass is 10.1. The largest absolute Gasteiger partial charge is 0.481 e. The summed E-state index contributed by atoms with van der Waals surface area (Å²) < 4.78 is 12.2. The maximum absolute atomic E-state index is 12.2. The molecule has 1 aromatic rings. The smallest absolute Gasteiger partial charge is 0.303 e. The van der Waals surface area contributed by atoms with Crippen molar-refractivity contribution in [3.8, 4) is 0 Å². The van der Waals surface area contributed by atoms with Gasteiger partial charge in [-0.1, -0.05) is 29.3 Å². The third-order valence-electron chi connectivity index (χ3n) is 3.32. The molecule has 0 amide bonds. The van der Waals surface area contributed by atoms with E-state index in [2.05, 4.69) is 0 Å². The van der Waals surface area contributed by atoms with Gasteiger partial charge in [-0.15, -0.1) is 0 Å². The van der Waals surface area contributed by atoms with Gasteiger partial charge in [-0.25, -0.2) is 0 Å². The molecule has 1 aromatic carbocycles. The van der Waals surface area contributed by atoms with Crippen molar-refractivity contribution in [2.24, 2.45) is 5.41 Å². The average Bonchev–Trinajstić information content (AvgIpc) is 3.02. The summed E-state index contributed by atoms with van der Waals surface area (Å²) in [5, 5.41) is 9.85. The Morgan fingerprint density at radius 3 is 2.37 bits per heavy atom. The highest BCUT2D eigenvalue weighted by Gasteiger charge is 2.45. The van der Waals surface area contributed by atoms with E-state index in [0.717, 1.165) is 12.8 Å². The lowest BCUT2D eigenvalue weighted by molar-refractivity contribution is -0.138. The molecular formula is C13H14Cl2O3S. The summed E-state index contributed by atoms with van der Waals surface area (Å²) in [6.07, 6.45) is 1.76. The standard InChI is InChI=1S/C13H14Cl2O3S/c14-10-2-1-3-11(15)9(10)7-19(18)8-13(4-5-13)6-12(16)17/h1-3H,4-8H2,(H,16,17). The van der Waals surface area contributed by atoms with Crippen LogP contribution in [0.4, 0.5) is 0 Å². The molecule has 1 aliphatic carbocycles. The fraction of sp³-hybridized carbons (Fsp3) is 0.462. The summed E-state index contributed by atoms with van der Waals surface area (Å²) in [6, 6.07) is 5.16. The Kier molecular flexibility index (Phi) is 4.54. The Morgan fingerprint density at radius 1 is 1.32 bits per heavy atom. The van der Waals surface area contributed by atoms with Gasteiger partial charge in [0.05, 0.1) is 12.2 Å². The third kappa shape index (κ3) is 3.94. The highest BCUT2D eigenvalue weighted by atomic mass is 35.5. The zero-order valence-electron chi connectivity index (χ0n) is 10.2. The molecule has 0 aliphatic heterocycles. The molecular weight excluding hydrogens is 307 g/mol. The van der Waals surface area contributed by atoms with Crippen molar-refractivity contribution in [2.45, 2.75) is 25.0 Å². The van der Waals surface area contributed by atoms with Gasteiger partial charge in [-0.2, -0.15) is 0 Å². The van der Waals surface area contributed by atoms with E-state index in [-0.39, 0.29) is 17.6 Å². The minimum absolute atomic E-state index is 0.0923. The molecule has 1 N–H and O–H groups in total. The topological polar surface area (TPSA) is 54.4 Å². The second-order valence-electron chi connectivity index (χ2n) is 5.00. The predicted molar refractivity (Wildman–Crippen MR) is 77.1 cm³/mol. The van der Waals surface area contributed by atoms with Gasteiger partial charge in [0.15, 0.2) is 0 Å². The molecule has 104 valence electrons. The van der Waals surface area contributed by atoms with Gasteiger partial charge in [-0.3, -0.25) is 9.00 Å². The number of hydrogen-bond acceptors (Lipinski definition) is 2. The molecule has 1 saturated carbocycles. The Labute approximate surface area is 124 Å². The van der Waals surface area contributed by atoms with Crippen LogP contribution >= 0.6 is 23.2 Å². The number of carbonyl (C=O) groups is 1. The van der Waals surface area contributed by atoms with E-state index in [1.807, 2.05) is 0 Å². The number of carboxylic acids is 1. The van der Waals surface area contributed by atoms with E-state index >= 15 is 0 Å². The lowest BCUT2D eigenvalue weighted by Crippen LogP contribution is -2.17. The van der Waals surface area contributed by atoms with E-state index in [9.17, 15) is 9.00 Å². The predicted octanol–water partition coefficient (Wildman–Crippen LogP) is 3.50. The highest BCUT2D eigenvalue weighted by Crippen LogP contribution is 2.49. The van der Waals surface area contributed by atoms with Crippen LogP contribution in [0.2, 0.25) is 10.0 Å². The monoisotopic (exact) mass is 320 g/mol. The number of aliphatic carboxylic acids is 1. The van der Waals surface area contributed by atoms with Gasteiger partial charge in [0, 0.05) is 32.2 Å². The fourth-order valence-corrected chi connectivity index (χ4v) is 4.59. The maximum atomic E-state index is 12.2. The van der Waals surface area contributed by atoms with Crippen LogP contribution in [0.25, 0.3) is 0 Å². The molecule has 0 saturated heterocycles. The number of rotatable bonds is 6. The van der Waals surface area contributed by atoms with Gasteiger partial charge >= 0.3 is 5.97 Å². The van der Waals surface area contributed by atoms with E-state index in [1.54, 1.807) is 18.2 Å². The molecule has 0 spiro atoms. The van der Waals surface area contributed by atoms with E-state index in [0.29, 0.717) is 21.4 Å². The number of benzene rings is 1. The van der Waals surface area contributed by atoms with Crippen molar-refractivity contribution in [3.63, 3.8) is 0 Å². The average molecular weight is 321 g/mol. The maximum Gasteiger partial charge on any atom is 0.303 e. The van der Waals surface area contributed by atoms with E-state index in [4.69, 9.17) is 28.3 Å². The molecule has 3 nitrogen and oxygen atoms in total. The summed E-state index contributed by atoms with van der Waals surface area (Å²) in [5.41, 5.74) is 0.403. The summed E-state index contributed by atoms with van der Waals surface area (Å²) in [7, 11) is -1.15. The molecule has 2 rings (SSSR count). The number of halogens is 2. The molecule has 0 bridgehead atoms. The van der Waals surface area contributed by atoms with Crippen LogP contribution in [-0.2, 0) is 21.3 Å². The minimum Gasteiger partial charge on any atom is -0.481 e. The first-order chi connectivity index (χ1) is 8.92. The van der Waals surface area contributed by atoms with Crippen LogP contribution in [0.5, 0.6) is 0 Å². The molecule has 6 heteroatoms. The molecule has 0 heterocycles. The van der Waals surface area contributed by atoms with Crippen LogP contribution in [0.3, 0.4) is 0 Å². The first kappa shape index (κ1) is 14.8. The Morgan fingerprint density at radius 2 is 1.89 bits per heavy atom. The van der Waals surface area contributed by atoms with E-state index < -0.39 is 16.8 Å². The van der Waals surface area contributed by atoms with Crippen LogP contribution in [0.1, 0.15) is 24.8 Å². The van der Waals surface area contributed by atoms with Gasteiger partial charge in [0.2, 0.25) is 0 Å². The quantitative estimate of drug-likeness (QED) is 0.872. The third-order valence-corrected chi connectivity index (χ3v) is 5.57. The van der Waals surface area contributed by atoms with Gasteiger partial charge in [0.1, 0.15) is 0 Å². The van der Waals surface area contributed by atoms with Crippen LogP contribution in [0.15, 0.2) is 18.2 Å². The van der Waals surface area contributed by atoms with Crippen LogP contribution in [-0.4, -0.2) is 21.0 Å². The Balaban J connectivity index is 2.00. The van der Waals surface area contributed by atoms with Crippen molar-refractivity contribution in [2.75, 3.05) is 5.75 Å². The molecule has 1 unspecified atom stereocenters.